The van der Waals surface area contributed by atoms with E-state index in [1.54, 1.807) is 7.05 Å². The predicted octanol–water partition coefficient (Wildman–Crippen LogP) is 1.81. The van der Waals surface area contributed by atoms with E-state index >= 15 is 0 Å². The third-order valence-electron chi connectivity index (χ3n) is 2.36. The summed E-state index contributed by atoms with van der Waals surface area (Å²) in [7, 11) is 1.63. The van der Waals surface area contributed by atoms with Crippen molar-refractivity contribution in [3.8, 4) is 0 Å². The SMILES string of the molecule is CNc1cc(C(=O)NCC(C)(C)C)c([N+](=O)[O-])cn1. The van der Waals surface area contributed by atoms with Crippen LogP contribution in [0.1, 0.15) is 31.1 Å². The van der Waals surface area contributed by atoms with E-state index in [1.165, 1.54) is 6.07 Å². The predicted molar refractivity (Wildman–Crippen MR) is 72.2 cm³/mol. The number of nitrogens with zero attached hydrogens (tertiary/aromatic N) is 2. The maximum atomic E-state index is 12.0. The Morgan fingerprint density at radius 1 is 1.47 bits per heavy atom. The summed E-state index contributed by atoms with van der Waals surface area (Å²) in [5, 5.41) is 16.3. The topological polar surface area (TPSA) is 97.2 Å². The highest BCUT2D eigenvalue weighted by molar-refractivity contribution is 5.98. The van der Waals surface area contributed by atoms with Crippen molar-refractivity contribution in [2.45, 2.75) is 20.8 Å². The van der Waals surface area contributed by atoms with Crippen molar-refractivity contribution in [2.75, 3.05) is 18.9 Å². The molecule has 1 aromatic heterocycles. The molecule has 0 aliphatic carbocycles. The molecule has 7 heteroatoms. The number of carbonyl (C=O) groups excluding carboxylic acids is 1. The maximum absolute atomic E-state index is 12.0. The molecule has 7 nitrogen and oxygen atoms in total. The number of anilines is 1. The molecular formula is C12H18N4O3. The van der Waals surface area contributed by atoms with E-state index < -0.39 is 10.8 Å². The number of carbonyl (C=O) groups is 1. The van der Waals surface area contributed by atoms with Crippen molar-refractivity contribution in [2.24, 2.45) is 5.41 Å². The average molecular weight is 266 g/mol. The lowest BCUT2D eigenvalue weighted by atomic mass is 9.97. The summed E-state index contributed by atoms with van der Waals surface area (Å²) in [5.41, 5.74) is -0.387. The zero-order chi connectivity index (χ0) is 14.6. The fourth-order valence-corrected chi connectivity index (χ4v) is 1.35. The van der Waals surface area contributed by atoms with Gasteiger partial charge in [-0.15, -0.1) is 0 Å². The second-order valence-electron chi connectivity index (χ2n) is 5.34. The summed E-state index contributed by atoms with van der Waals surface area (Å²) in [6.45, 7) is 6.33. The van der Waals surface area contributed by atoms with Crippen molar-refractivity contribution >= 4 is 17.4 Å². The van der Waals surface area contributed by atoms with E-state index in [4.69, 9.17) is 0 Å². The van der Waals surface area contributed by atoms with Gasteiger partial charge in [0.25, 0.3) is 11.6 Å². The first-order valence-corrected chi connectivity index (χ1v) is 5.85. The van der Waals surface area contributed by atoms with E-state index in [-0.39, 0.29) is 16.7 Å². The van der Waals surface area contributed by atoms with Crippen molar-refractivity contribution in [1.82, 2.24) is 10.3 Å². The zero-order valence-electron chi connectivity index (χ0n) is 11.5. The van der Waals surface area contributed by atoms with Crippen molar-refractivity contribution < 1.29 is 9.72 Å². The third-order valence-corrected chi connectivity index (χ3v) is 2.36. The van der Waals surface area contributed by atoms with Gasteiger partial charge in [0.1, 0.15) is 17.6 Å². The molecule has 0 aromatic carbocycles. The van der Waals surface area contributed by atoms with Crippen LogP contribution in [0.5, 0.6) is 0 Å². The molecule has 0 saturated heterocycles. The van der Waals surface area contributed by atoms with Gasteiger partial charge in [-0.05, 0) is 5.41 Å². The first kappa shape index (κ1) is 14.9. The fraction of sp³-hybridized carbons (Fsp3) is 0.500. The van der Waals surface area contributed by atoms with Gasteiger partial charge in [0.05, 0.1) is 4.92 Å². The summed E-state index contributed by atoms with van der Waals surface area (Å²) >= 11 is 0. The molecule has 1 aromatic rings. The van der Waals surface area contributed by atoms with Gasteiger partial charge in [0, 0.05) is 19.7 Å². The summed E-state index contributed by atoms with van der Waals surface area (Å²) in [4.78, 5) is 26.1. The van der Waals surface area contributed by atoms with Gasteiger partial charge in [-0.2, -0.15) is 0 Å². The minimum Gasteiger partial charge on any atom is -0.373 e. The minimum absolute atomic E-state index is 0.00796. The van der Waals surface area contributed by atoms with Crippen LogP contribution in [0.3, 0.4) is 0 Å². The number of rotatable bonds is 4. The molecule has 19 heavy (non-hydrogen) atoms. The smallest absolute Gasteiger partial charge is 0.300 e. The number of nitro groups is 1. The summed E-state index contributed by atoms with van der Waals surface area (Å²) in [5.74, 6) is -0.0629. The van der Waals surface area contributed by atoms with Crippen molar-refractivity contribution in [3.63, 3.8) is 0 Å². The molecule has 0 atom stereocenters. The van der Waals surface area contributed by atoms with Gasteiger partial charge in [-0.25, -0.2) is 4.98 Å². The lowest BCUT2D eigenvalue weighted by molar-refractivity contribution is -0.385. The number of hydrogen-bond donors (Lipinski definition) is 2. The van der Waals surface area contributed by atoms with Gasteiger partial charge in [-0.3, -0.25) is 14.9 Å². The molecule has 2 N–H and O–H groups in total. The lowest BCUT2D eigenvalue weighted by Gasteiger charge is -2.18. The van der Waals surface area contributed by atoms with Crippen LogP contribution < -0.4 is 10.6 Å². The Labute approximate surface area is 111 Å². The van der Waals surface area contributed by atoms with Crippen LogP contribution in [0.25, 0.3) is 0 Å². The van der Waals surface area contributed by atoms with Crippen LogP contribution in [-0.4, -0.2) is 29.4 Å². The zero-order valence-corrected chi connectivity index (χ0v) is 11.5. The van der Waals surface area contributed by atoms with Crippen LogP contribution in [0.2, 0.25) is 0 Å². The molecule has 0 spiro atoms. The molecule has 0 unspecified atom stereocenters. The van der Waals surface area contributed by atoms with Crippen molar-refractivity contribution in [3.05, 3.63) is 27.9 Å². The molecule has 1 rings (SSSR count). The monoisotopic (exact) mass is 266 g/mol. The Hall–Kier alpha value is -2.18. The van der Waals surface area contributed by atoms with Gasteiger partial charge in [-0.1, -0.05) is 20.8 Å². The van der Waals surface area contributed by atoms with Crippen LogP contribution in [0.4, 0.5) is 11.5 Å². The van der Waals surface area contributed by atoms with Gasteiger partial charge >= 0.3 is 0 Å². The van der Waals surface area contributed by atoms with Crippen LogP contribution in [0, 0.1) is 15.5 Å². The average Bonchev–Trinajstić information content (AvgIpc) is 2.34. The van der Waals surface area contributed by atoms with Gasteiger partial charge in [0.15, 0.2) is 0 Å². The lowest BCUT2D eigenvalue weighted by Crippen LogP contribution is -2.32. The summed E-state index contributed by atoms with van der Waals surface area (Å²) in [6, 6.07) is 1.37. The number of hydrogen-bond acceptors (Lipinski definition) is 5. The molecule has 0 aliphatic rings. The number of pyridine rings is 1. The van der Waals surface area contributed by atoms with Crippen molar-refractivity contribution in [1.29, 1.82) is 0 Å². The molecule has 1 heterocycles. The van der Waals surface area contributed by atoms with E-state index in [0.29, 0.717) is 12.4 Å². The third kappa shape index (κ3) is 4.20. The summed E-state index contributed by atoms with van der Waals surface area (Å²) in [6.07, 6.45) is 1.08. The Bertz CT molecular complexity index is 494. The van der Waals surface area contributed by atoms with E-state index in [1.807, 2.05) is 20.8 Å². The Balaban J connectivity index is 3.02. The molecule has 0 radical (unpaired) electrons. The minimum atomic E-state index is -0.613. The van der Waals surface area contributed by atoms with E-state index in [2.05, 4.69) is 15.6 Å². The van der Waals surface area contributed by atoms with Crippen LogP contribution in [-0.2, 0) is 0 Å². The quantitative estimate of drug-likeness (QED) is 0.639. The van der Waals surface area contributed by atoms with Crippen LogP contribution in [0.15, 0.2) is 12.3 Å². The van der Waals surface area contributed by atoms with Crippen LogP contribution >= 0.6 is 0 Å². The highest BCUT2D eigenvalue weighted by atomic mass is 16.6. The standard InChI is InChI=1S/C12H18N4O3/c1-12(2,3)7-15-11(17)8-5-10(13-4)14-6-9(8)16(18)19/h5-6H,7H2,1-4H3,(H,13,14)(H,15,17). The molecule has 0 aliphatic heterocycles. The largest absolute Gasteiger partial charge is 0.373 e. The molecule has 0 fully saturated rings. The summed E-state index contributed by atoms with van der Waals surface area (Å²) < 4.78 is 0. The number of amides is 1. The highest BCUT2D eigenvalue weighted by Gasteiger charge is 2.22. The Morgan fingerprint density at radius 3 is 2.58 bits per heavy atom. The second-order valence-corrected chi connectivity index (χ2v) is 5.34. The Morgan fingerprint density at radius 2 is 2.11 bits per heavy atom. The molecule has 104 valence electrons. The molecule has 1 amide bonds. The fourth-order valence-electron chi connectivity index (χ4n) is 1.35. The molecule has 0 saturated carbocycles. The second kappa shape index (κ2) is 5.64. The maximum Gasteiger partial charge on any atom is 0.300 e. The first-order valence-electron chi connectivity index (χ1n) is 5.85. The number of nitrogens with one attached hydrogen (secondary N) is 2. The van der Waals surface area contributed by atoms with E-state index in [0.717, 1.165) is 6.20 Å². The molecule has 0 bridgehead atoms. The van der Waals surface area contributed by atoms with E-state index in [9.17, 15) is 14.9 Å². The normalized spacial score (nSPS) is 10.9. The van der Waals surface area contributed by atoms with Gasteiger partial charge < -0.3 is 10.6 Å². The number of aromatic nitrogens is 1. The first-order chi connectivity index (χ1) is 8.74. The Kier molecular flexibility index (Phi) is 4.42. The molecular weight excluding hydrogens is 248 g/mol. The highest BCUT2D eigenvalue weighted by Crippen LogP contribution is 2.20. The van der Waals surface area contributed by atoms with Gasteiger partial charge in [0.2, 0.25) is 0 Å².